The predicted octanol–water partition coefficient (Wildman–Crippen LogP) is 5.00. The fraction of sp³-hybridized carbons (Fsp3) is 0.348. The molecule has 29 heavy (non-hydrogen) atoms. The molecule has 4 rings (SSSR count). The molecule has 150 valence electrons. The summed E-state index contributed by atoms with van der Waals surface area (Å²) in [7, 11) is 0. The number of hydrogen-bond donors (Lipinski definition) is 1. The number of nitrogens with one attached hydrogen (secondary N) is 1. The molecule has 5 nitrogen and oxygen atoms in total. The second-order valence-electron chi connectivity index (χ2n) is 7.61. The number of aryl methyl sites for hydroxylation is 2. The number of rotatable bonds is 5. The number of aromatic nitrogens is 1. The van der Waals surface area contributed by atoms with Crippen LogP contribution in [0.1, 0.15) is 47.9 Å². The van der Waals surface area contributed by atoms with Crippen molar-refractivity contribution in [2.75, 3.05) is 11.9 Å². The minimum Gasteiger partial charge on any atom is -0.333 e. The molecule has 1 atom stereocenters. The predicted molar refractivity (Wildman–Crippen MR) is 117 cm³/mol. The third-order valence-electron chi connectivity index (χ3n) is 5.53. The summed E-state index contributed by atoms with van der Waals surface area (Å²) in [6.45, 7) is 4.79. The van der Waals surface area contributed by atoms with Gasteiger partial charge >= 0.3 is 0 Å². The Morgan fingerprint density at radius 3 is 2.76 bits per heavy atom. The highest BCUT2D eigenvalue weighted by molar-refractivity contribution is 7.18. The number of likely N-dealkylation sites (tertiary alicyclic amines) is 1. The van der Waals surface area contributed by atoms with Gasteiger partial charge in [0, 0.05) is 25.1 Å². The van der Waals surface area contributed by atoms with Crippen LogP contribution >= 0.6 is 11.3 Å². The van der Waals surface area contributed by atoms with Crippen LogP contribution in [0.5, 0.6) is 0 Å². The number of nitrogens with zero attached hydrogens (tertiary/aromatic N) is 2. The number of amides is 2. The highest BCUT2D eigenvalue weighted by Crippen LogP contribution is 2.36. The van der Waals surface area contributed by atoms with Crippen LogP contribution < -0.4 is 5.32 Å². The quantitative estimate of drug-likeness (QED) is 0.648. The van der Waals surface area contributed by atoms with E-state index in [0.717, 1.165) is 45.9 Å². The number of anilines is 1. The molecule has 2 aromatic carbocycles. The lowest BCUT2D eigenvalue weighted by molar-refractivity contribution is -0.133. The molecule has 0 radical (unpaired) electrons. The van der Waals surface area contributed by atoms with Crippen molar-refractivity contribution in [3.05, 3.63) is 58.6 Å². The maximum Gasteiger partial charge on any atom is 0.224 e. The maximum atomic E-state index is 12.8. The van der Waals surface area contributed by atoms with Crippen LogP contribution in [0.2, 0.25) is 0 Å². The van der Waals surface area contributed by atoms with Crippen molar-refractivity contribution < 1.29 is 9.59 Å². The second kappa shape index (κ2) is 8.33. The maximum absolute atomic E-state index is 12.8. The molecular weight excluding hydrogens is 382 g/mol. The summed E-state index contributed by atoms with van der Waals surface area (Å²) in [6.07, 6.45) is 2.31. The third kappa shape index (κ3) is 4.32. The minimum atomic E-state index is -0.127. The molecular formula is C23H25N3O2S. The topological polar surface area (TPSA) is 62.3 Å². The van der Waals surface area contributed by atoms with Crippen LogP contribution in [-0.2, 0) is 9.59 Å². The summed E-state index contributed by atoms with van der Waals surface area (Å²) in [5, 5.41) is 3.89. The highest BCUT2D eigenvalue weighted by atomic mass is 32.1. The number of hydrogen-bond acceptors (Lipinski definition) is 4. The van der Waals surface area contributed by atoms with Crippen molar-refractivity contribution in [2.24, 2.45) is 0 Å². The number of para-hydroxylation sites is 1. The van der Waals surface area contributed by atoms with E-state index in [-0.39, 0.29) is 30.7 Å². The molecule has 0 bridgehead atoms. The fourth-order valence-electron chi connectivity index (χ4n) is 3.76. The molecule has 1 unspecified atom stereocenters. The average molecular weight is 408 g/mol. The zero-order chi connectivity index (χ0) is 20.4. The van der Waals surface area contributed by atoms with E-state index >= 15 is 0 Å². The van der Waals surface area contributed by atoms with Crippen LogP contribution in [0.25, 0.3) is 10.2 Å². The van der Waals surface area contributed by atoms with Crippen molar-refractivity contribution in [3.8, 4) is 0 Å². The first-order valence-corrected chi connectivity index (χ1v) is 10.8. The van der Waals surface area contributed by atoms with Gasteiger partial charge in [0.2, 0.25) is 11.8 Å². The van der Waals surface area contributed by atoms with Crippen molar-refractivity contribution in [1.29, 1.82) is 0 Å². The smallest absolute Gasteiger partial charge is 0.224 e. The van der Waals surface area contributed by atoms with E-state index in [9.17, 15) is 9.59 Å². The van der Waals surface area contributed by atoms with Crippen molar-refractivity contribution in [1.82, 2.24) is 9.88 Å². The summed E-state index contributed by atoms with van der Waals surface area (Å²) < 4.78 is 1.15. The van der Waals surface area contributed by atoms with Crippen molar-refractivity contribution in [2.45, 2.75) is 45.6 Å². The van der Waals surface area contributed by atoms with Crippen LogP contribution in [0.15, 0.2) is 42.5 Å². The SMILES string of the molecule is Cc1ccc(NC(=O)CCC(=O)N2CCCC2c2nc3ccccc3s2)cc1C. The molecule has 3 aromatic rings. The first kappa shape index (κ1) is 19.6. The first-order valence-electron chi connectivity index (χ1n) is 10.0. The molecule has 1 saturated heterocycles. The lowest BCUT2D eigenvalue weighted by atomic mass is 10.1. The minimum absolute atomic E-state index is 0.0296. The van der Waals surface area contributed by atoms with Gasteiger partial charge in [-0.15, -0.1) is 11.3 Å². The number of carbonyl (C=O) groups is 2. The van der Waals surface area contributed by atoms with E-state index in [1.807, 2.05) is 55.1 Å². The van der Waals surface area contributed by atoms with E-state index in [4.69, 9.17) is 4.98 Å². The van der Waals surface area contributed by atoms with Gasteiger partial charge in [0.1, 0.15) is 5.01 Å². The lowest BCUT2D eigenvalue weighted by Crippen LogP contribution is -2.31. The van der Waals surface area contributed by atoms with Gasteiger partial charge in [-0.05, 0) is 62.1 Å². The largest absolute Gasteiger partial charge is 0.333 e. The van der Waals surface area contributed by atoms with Crippen LogP contribution in [-0.4, -0.2) is 28.2 Å². The lowest BCUT2D eigenvalue weighted by Gasteiger charge is -2.23. The van der Waals surface area contributed by atoms with Crippen LogP contribution in [0, 0.1) is 13.8 Å². The summed E-state index contributed by atoms with van der Waals surface area (Å²) in [5.74, 6) is -0.0978. The Labute approximate surface area is 174 Å². The van der Waals surface area contributed by atoms with E-state index in [1.54, 1.807) is 11.3 Å². The van der Waals surface area contributed by atoms with E-state index < -0.39 is 0 Å². The molecule has 2 amide bonds. The molecule has 1 N–H and O–H groups in total. The van der Waals surface area contributed by atoms with Crippen molar-refractivity contribution >= 4 is 39.1 Å². The second-order valence-corrected chi connectivity index (χ2v) is 8.67. The molecule has 1 aliphatic rings. The highest BCUT2D eigenvalue weighted by Gasteiger charge is 2.32. The standard InChI is InChI=1S/C23H25N3O2S/c1-15-9-10-17(14-16(15)2)24-21(27)11-12-22(28)26-13-5-7-19(26)23-25-18-6-3-4-8-20(18)29-23/h3-4,6,8-10,14,19H,5,7,11-13H2,1-2H3,(H,24,27). The Kier molecular flexibility index (Phi) is 5.62. The van der Waals surface area contributed by atoms with Gasteiger partial charge < -0.3 is 10.2 Å². The molecule has 2 heterocycles. The van der Waals surface area contributed by atoms with Gasteiger partial charge in [-0.25, -0.2) is 4.98 Å². The number of benzene rings is 2. The summed E-state index contributed by atoms with van der Waals surface area (Å²) in [4.78, 5) is 31.8. The zero-order valence-electron chi connectivity index (χ0n) is 16.8. The molecule has 0 spiro atoms. The first-order chi connectivity index (χ1) is 14.0. The Morgan fingerprint density at radius 2 is 1.97 bits per heavy atom. The van der Waals surface area contributed by atoms with Crippen molar-refractivity contribution in [3.63, 3.8) is 0 Å². The average Bonchev–Trinajstić information content (AvgIpc) is 3.35. The normalized spacial score (nSPS) is 16.3. The Hall–Kier alpha value is -2.73. The third-order valence-corrected chi connectivity index (χ3v) is 6.66. The Bertz CT molecular complexity index is 1030. The Balaban J connectivity index is 1.37. The summed E-state index contributed by atoms with van der Waals surface area (Å²) in [6, 6.07) is 13.9. The fourth-order valence-corrected chi connectivity index (χ4v) is 4.88. The van der Waals surface area contributed by atoms with Gasteiger partial charge in [-0.2, -0.15) is 0 Å². The van der Waals surface area contributed by atoms with Gasteiger partial charge in [0.15, 0.2) is 0 Å². The summed E-state index contributed by atoms with van der Waals surface area (Å²) in [5.41, 5.74) is 4.08. The zero-order valence-corrected chi connectivity index (χ0v) is 17.6. The molecule has 6 heteroatoms. The van der Waals surface area contributed by atoms with Gasteiger partial charge in [-0.3, -0.25) is 9.59 Å². The van der Waals surface area contributed by atoms with Crippen LogP contribution in [0.3, 0.4) is 0 Å². The van der Waals surface area contributed by atoms with E-state index in [2.05, 4.69) is 11.4 Å². The van der Waals surface area contributed by atoms with Gasteiger partial charge in [0.25, 0.3) is 0 Å². The van der Waals surface area contributed by atoms with E-state index in [1.165, 1.54) is 5.56 Å². The van der Waals surface area contributed by atoms with E-state index in [0.29, 0.717) is 0 Å². The summed E-state index contributed by atoms with van der Waals surface area (Å²) >= 11 is 1.66. The number of fused-ring (bicyclic) bond motifs is 1. The molecule has 0 aliphatic carbocycles. The molecule has 1 aliphatic heterocycles. The molecule has 0 saturated carbocycles. The van der Waals surface area contributed by atoms with Gasteiger partial charge in [-0.1, -0.05) is 18.2 Å². The number of carbonyl (C=O) groups excluding carboxylic acids is 2. The number of thiazole rings is 1. The van der Waals surface area contributed by atoms with Crippen LogP contribution in [0.4, 0.5) is 5.69 Å². The van der Waals surface area contributed by atoms with Gasteiger partial charge in [0.05, 0.1) is 16.3 Å². The molecule has 1 fully saturated rings. The monoisotopic (exact) mass is 407 g/mol. The molecule has 1 aromatic heterocycles. The Morgan fingerprint density at radius 1 is 1.14 bits per heavy atom.